The van der Waals surface area contributed by atoms with Gasteiger partial charge in [0.05, 0.1) is 5.52 Å². The average Bonchev–Trinajstić information content (AvgIpc) is 3.02. The first-order valence-corrected chi connectivity index (χ1v) is 10.6. The molecule has 0 fully saturated rings. The van der Waals surface area contributed by atoms with E-state index >= 15 is 0 Å². The molecule has 1 aromatic heterocycles. The predicted molar refractivity (Wildman–Crippen MR) is 121 cm³/mol. The minimum absolute atomic E-state index is 0.0494. The first-order valence-electron chi connectivity index (χ1n) is 9.85. The summed E-state index contributed by atoms with van der Waals surface area (Å²) in [6.45, 7) is 4.61. The van der Waals surface area contributed by atoms with E-state index in [0.717, 1.165) is 4.47 Å². The van der Waals surface area contributed by atoms with Gasteiger partial charge in [0.25, 0.3) is 0 Å². The third kappa shape index (κ3) is 5.29. The molecule has 0 aliphatic rings. The van der Waals surface area contributed by atoms with Gasteiger partial charge in [0.15, 0.2) is 12.3 Å². The maximum Gasteiger partial charge on any atom is 0.302 e. The van der Waals surface area contributed by atoms with Gasteiger partial charge >= 0.3 is 5.91 Å². The number of aromatic hydroxyl groups is 1. The fraction of sp³-hybridized carbons (Fsp3) is 0.273. The summed E-state index contributed by atoms with van der Waals surface area (Å²) in [5, 5.41) is 19.0. The fourth-order valence-electron chi connectivity index (χ4n) is 3.16. The number of fused-ring (bicyclic) bond motifs is 1. The highest BCUT2D eigenvalue weighted by Gasteiger charge is 2.21. The van der Waals surface area contributed by atoms with Crippen molar-refractivity contribution in [2.24, 2.45) is 10.2 Å². The molecule has 0 spiro atoms. The standard InChI is InChI=1S/C22H23BrN4O4/c1-3-26(4-2)20(29)13-27-18-11-10-15(23)12-17(18)21(22(27)30)25-24-19(28)14-31-16-8-6-5-7-9-16/h5-12,30H,3-4,13-14H2,1-2H3. The van der Waals surface area contributed by atoms with Gasteiger partial charge in [-0.1, -0.05) is 34.1 Å². The molecule has 0 saturated heterocycles. The number of benzene rings is 2. The second kappa shape index (κ2) is 10.2. The van der Waals surface area contributed by atoms with Crippen LogP contribution in [0.15, 0.2) is 63.2 Å². The van der Waals surface area contributed by atoms with E-state index in [0.29, 0.717) is 29.7 Å². The second-order valence-electron chi connectivity index (χ2n) is 6.68. The lowest BCUT2D eigenvalue weighted by Gasteiger charge is -2.19. The highest BCUT2D eigenvalue weighted by Crippen LogP contribution is 2.40. The van der Waals surface area contributed by atoms with Crippen LogP contribution in [0, 0.1) is 0 Å². The molecule has 2 aromatic carbocycles. The van der Waals surface area contributed by atoms with Crippen molar-refractivity contribution in [2.45, 2.75) is 20.4 Å². The Morgan fingerprint density at radius 3 is 2.52 bits per heavy atom. The Balaban J connectivity index is 1.86. The summed E-state index contributed by atoms with van der Waals surface area (Å²) in [4.78, 5) is 26.4. The van der Waals surface area contributed by atoms with E-state index in [9.17, 15) is 14.7 Å². The molecule has 0 radical (unpaired) electrons. The van der Waals surface area contributed by atoms with Crippen molar-refractivity contribution in [3.05, 3.63) is 53.0 Å². The smallest absolute Gasteiger partial charge is 0.302 e. The van der Waals surface area contributed by atoms with Gasteiger partial charge < -0.3 is 19.3 Å². The molecule has 0 atom stereocenters. The van der Waals surface area contributed by atoms with Gasteiger partial charge in [-0.2, -0.15) is 0 Å². The Kier molecular flexibility index (Phi) is 7.41. The van der Waals surface area contributed by atoms with Crippen LogP contribution >= 0.6 is 15.9 Å². The van der Waals surface area contributed by atoms with Crippen molar-refractivity contribution in [1.82, 2.24) is 9.47 Å². The van der Waals surface area contributed by atoms with Crippen LogP contribution in [-0.4, -0.2) is 46.1 Å². The van der Waals surface area contributed by atoms with E-state index in [4.69, 9.17) is 4.74 Å². The normalized spacial score (nSPS) is 11.2. The predicted octanol–water partition coefficient (Wildman–Crippen LogP) is 4.67. The molecule has 1 heterocycles. The van der Waals surface area contributed by atoms with Crippen LogP contribution in [0.3, 0.4) is 0 Å². The molecule has 31 heavy (non-hydrogen) atoms. The first-order chi connectivity index (χ1) is 14.9. The Hall–Kier alpha value is -3.20. The molecule has 2 amide bonds. The Labute approximate surface area is 188 Å². The minimum Gasteiger partial charge on any atom is -0.493 e. The number of hydrogen-bond acceptors (Lipinski definition) is 5. The number of para-hydroxylation sites is 1. The van der Waals surface area contributed by atoms with Crippen LogP contribution in [-0.2, 0) is 16.1 Å². The Bertz CT molecular complexity index is 1110. The van der Waals surface area contributed by atoms with E-state index in [-0.39, 0.29) is 30.6 Å². The van der Waals surface area contributed by atoms with Gasteiger partial charge in [-0.05, 0) is 44.2 Å². The monoisotopic (exact) mass is 486 g/mol. The van der Waals surface area contributed by atoms with Crippen molar-refractivity contribution < 1.29 is 19.4 Å². The minimum atomic E-state index is -0.599. The number of carbonyl (C=O) groups excluding carboxylic acids is 2. The maximum atomic E-state index is 12.6. The maximum absolute atomic E-state index is 12.6. The molecule has 0 aliphatic heterocycles. The van der Waals surface area contributed by atoms with Crippen LogP contribution in [0.5, 0.6) is 11.6 Å². The summed E-state index contributed by atoms with van der Waals surface area (Å²) in [6, 6.07) is 14.2. The number of carbonyl (C=O) groups is 2. The lowest BCUT2D eigenvalue weighted by atomic mass is 10.2. The largest absolute Gasteiger partial charge is 0.493 e. The zero-order chi connectivity index (χ0) is 22.4. The van der Waals surface area contributed by atoms with Gasteiger partial charge in [-0.15, -0.1) is 10.2 Å². The first kappa shape index (κ1) is 22.5. The number of ether oxygens (including phenoxy) is 1. The molecule has 1 N–H and O–H groups in total. The van der Waals surface area contributed by atoms with Gasteiger partial charge in [0.2, 0.25) is 11.8 Å². The van der Waals surface area contributed by atoms with E-state index < -0.39 is 5.91 Å². The molecule has 8 nitrogen and oxygen atoms in total. The summed E-state index contributed by atoms with van der Waals surface area (Å²) in [5.74, 6) is -0.409. The van der Waals surface area contributed by atoms with Crippen LogP contribution in [0.2, 0.25) is 0 Å². The van der Waals surface area contributed by atoms with Crippen LogP contribution in [0.25, 0.3) is 10.9 Å². The SMILES string of the molecule is CCN(CC)C(=O)Cn1c(O)c(N=NC(=O)COc2ccccc2)c2cc(Br)ccc21. The lowest BCUT2D eigenvalue weighted by Crippen LogP contribution is -2.33. The van der Waals surface area contributed by atoms with E-state index in [1.807, 2.05) is 19.9 Å². The van der Waals surface area contributed by atoms with Gasteiger partial charge in [-0.25, -0.2) is 0 Å². The molecule has 3 rings (SSSR count). The molecule has 162 valence electrons. The topological polar surface area (TPSA) is 96.5 Å². The quantitative estimate of drug-likeness (QED) is 0.467. The zero-order valence-corrected chi connectivity index (χ0v) is 18.9. The number of amides is 2. The molecule has 0 unspecified atom stereocenters. The fourth-order valence-corrected chi connectivity index (χ4v) is 3.52. The van der Waals surface area contributed by atoms with Crippen molar-refractivity contribution >= 4 is 44.3 Å². The second-order valence-corrected chi connectivity index (χ2v) is 7.60. The molecule has 3 aromatic rings. The van der Waals surface area contributed by atoms with Gasteiger partial charge in [0, 0.05) is 22.9 Å². The van der Waals surface area contributed by atoms with E-state index in [2.05, 4.69) is 26.2 Å². The number of nitrogens with zero attached hydrogens (tertiary/aromatic N) is 4. The van der Waals surface area contributed by atoms with E-state index in [1.165, 1.54) is 4.57 Å². The van der Waals surface area contributed by atoms with Crippen molar-refractivity contribution in [3.63, 3.8) is 0 Å². The van der Waals surface area contributed by atoms with Crippen LogP contribution in [0.4, 0.5) is 5.69 Å². The summed E-state index contributed by atoms with van der Waals surface area (Å²) in [7, 11) is 0. The summed E-state index contributed by atoms with van der Waals surface area (Å²) in [6.07, 6.45) is 0. The summed E-state index contributed by atoms with van der Waals surface area (Å²) >= 11 is 3.40. The third-order valence-corrected chi connectivity index (χ3v) is 5.24. The average molecular weight is 487 g/mol. The number of halogens is 1. The van der Waals surface area contributed by atoms with Crippen LogP contribution < -0.4 is 4.74 Å². The number of rotatable bonds is 8. The van der Waals surface area contributed by atoms with Crippen molar-refractivity contribution in [2.75, 3.05) is 19.7 Å². The zero-order valence-electron chi connectivity index (χ0n) is 17.3. The molecule has 0 bridgehead atoms. The number of aromatic nitrogens is 1. The Morgan fingerprint density at radius 2 is 1.84 bits per heavy atom. The molecule has 0 aliphatic carbocycles. The lowest BCUT2D eigenvalue weighted by molar-refractivity contribution is -0.131. The number of hydrogen-bond donors (Lipinski definition) is 1. The Morgan fingerprint density at radius 1 is 1.13 bits per heavy atom. The third-order valence-electron chi connectivity index (χ3n) is 4.75. The van der Waals surface area contributed by atoms with Crippen LogP contribution in [0.1, 0.15) is 13.8 Å². The molecular formula is C22H23BrN4O4. The number of likely N-dealkylation sites (N-methyl/N-ethyl adjacent to an activating group) is 1. The highest BCUT2D eigenvalue weighted by atomic mass is 79.9. The number of azo groups is 1. The summed E-state index contributed by atoms with van der Waals surface area (Å²) < 4.78 is 7.61. The summed E-state index contributed by atoms with van der Waals surface area (Å²) in [5.41, 5.74) is 0.736. The van der Waals surface area contributed by atoms with Gasteiger partial charge in [-0.3, -0.25) is 9.59 Å². The van der Waals surface area contributed by atoms with Gasteiger partial charge in [0.1, 0.15) is 12.3 Å². The van der Waals surface area contributed by atoms with E-state index in [1.54, 1.807) is 47.4 Å². The highest BCUT2D eigenvalue weighted by molar-refractivity contribution is 9.10. The molecule has 0 saturated carbocycles. The molecular weight excluding hydrogens is 464 g/mol. The molecule has 9 heteroatoms. The van der Waals surface area contributed by atoms with Crippen molar-refractivity contribution in [3.8, 4) is 11.6 Å². The van der Waals surface area contributed by atoms with Crippen molar-refractivity contribution in [1.29, 1.82) is 0 Å².